The first-order valence-corrected chi connectivity index (χ1v) is 8.17. The number of fused-ring (bicyclic) bond motifs is 3. The van der Waals surface area contributed by atoms with Gasteiger partial charge in [-0.05, 0) is 32.0 Å². The van der Waals surface area contributed by atoms with Gasteiger partial charge in [0.1, 0.15) is 11.1 Å². The third-order valence-corrected chi connectivity index (χ3v) is 4.42. The smallest absolute Gasteiger partial charge is 0.271 e. The SMILES string of the molecule is CCN1c2ccc([N+](=O)[O-])cc2N=Cc2c1oc1ccc(C)cc1c2=O. The third kappa shape index (κ3) is 2.36. The standard InChI is InChI=1S/C19H15N3O4/c1-3-21-16-6-5-12(22(24)25)9-15(16)20-10-14-18(23)13-8-11(2)4-7-17(13)26-19(14)21/h4-10H,3H2,1-2H3. The molecule has 2 aromatic carbocycles. The summed E-state index contributed by atoms with van der Waals surface area (Å²) in [6.45, 7) is 4.34. The normalized spacial score (nSPS) is 12.6. The highest BCUT2D eigenvalue weighted by Crippen LogP contribution is 2.40. The van der Waals surface area contributed by atoms with E-state index in [-0.39, 0.29) is 11.1 Å². The van der Waals surface area contributed by atoms with Crippen molar-refractivity contribution in [3.63, 3.8) is 0 Å². The maximum absolute atomic E-state index is 13.0. The number of non-ortho nitro benzene ring substituents is 1. The van der Waals surface area contributed by atoms with Crippen LogP contribution in [0.3, 0.4) is 0 Å². The molecule has 7 nitrogen and oxygen atoms in total. The minimum atomic E-state index is -0.468. The van der Waals surface area contributed by atoms with Crippen LogP contribution in [0, 0.1) is 17.0 Å². The van der Waals surface area contributed by atoms with Crippen molar-refractivity contribution in [1.29, 1.82) is 0 Å². The molecule has 0 amide bonds. The van der Waals surface area contributed by atoms with Gasteiger partial charge in [-0.3, -0.25) is 19.9 Å². The maximum Gasteiger partial charge on any atom is 0.271 e. The highest BCUT2D eigenvalue weighted by Gasteiger charge is 2.25. The van der Waals surface area contributed by atoms with Gasteiger partial charge in [0.25, 0.3) is 5.69 Å². The summed E-state index contributed by atoms with van der Waals surface area (Å²) in [5.74, 6) is 0.394. The number of aliphatic imine (C=N–C) groups is 1. The summed E-state index contributed by atoms with van der Waals surface area (Å²) >= 11 is 0. The lowest BCUT2D eigenvalue weighted by molar-refractivity contribution is -0.384. The van der Waals surface area contributed by atoms with E-state index < -0.39 is 4.92 Å². The van der Waals surface area contributed by atoms with Gasteiger partial charge >= 0.3 is 0 Å². The van der Waals surface area contributed by atoms with Crippen molar-refractivity contribution in [1.82, 2.24) is 0 Å². The molecule has 26 heavy (non-hydrogen) atoms. The number of anilines is 2. The molecule has 3 aromatic rings. The first-order valence-electron chi connectivity index (χ1n) is 8.17. The summed E-state index contributed by atoms with van der Waals surface area (Å²) in [7, 11) is 0. The molecule has 1 aliphatic heterocycles. The summed E-state index contributed by atoms with van der Waals surface area (Å²) in [6.07, 6.45) is 1.43. The molecule has 2 heterocycles. The Morgan fingerprint density at radius 1 is 1.23 bits per heavy atom. The molecule has 0 fully saturated rings. The van der Waals surface area contributed by atoms with Gasteiger partial charge in [0.05, 0.1) is 21.7 Å². The summed E-state index contributed by atoms with van der Waals surface area (Å²) in [5, 5.41) is 11.5. The number of hydrogen-bond acceptors (Lipinski definition) is 6. The molecule has 0 spiro atoms. The Kier molecular flexibility index (Phi) is 3.57. The fourth-order valence-corrected chi connectivity index (χ4v) is 3.14. The molecule has 0 saturated heterocycles. The first kappa shape index (κ1) is 16.0. The van der Waals surface area contributed by atoms with E-state index in [1.807, 2.05) is 24.8 Å². The molecule has 0 bridgehead atoms. The zero-order valence-corrected chi connectivity index (χ0v) is 14.2. The van der Waals surface area contributed by atoms with Gasteiger partial charge in [0.15, 0.2) is 0 Å². The largest absolute Gasteiger partial charge is 0.439 e. The lowest BCUT2D eigenvalue weighted by Gasteiger charge is -2.22. The number of nitro benzene ring substituents is 1. The van der Waals surface area contributed by atoms with E-state index in [1.165, 1.54) is 18.3 Å². The fraction of sp³-hybridized carbons (Fsp3) is 0.158. The van der Waals surface area contributed by atoms with Gasteiger partial charge in [-0.2, -0.15) is 0 Å². The predicted octanol–water partition coefficient (Wildman–Crippen LogP) is 4.23. The zero-order chi connectivity index (χ0) is 18.4. The Morgan fingerprint density at radius 2 is 2.04 bits per heavy atom. The van der Waals surface area contributed by atoms with Gasteiger partial charge in [-0.15, -0.1) is 0 Å². The molecule has 0 unspecified atom stereocenters. The minimum absolute atomic E-state index is 0.0528. The van der Waals surface area contributed by atoms with Crippen LogP contribution in [0.4, 0.5) is 22.9 Å². The van der Waals surface area contributed by atoms with Crippen LogP contribution in [0.25, 0.3) is 11.0 Å². The summed E-state index contributed by atoms with van der Waals surface area (Å²) in [6, 6.07) is 9.89. The van der Waals surface area contributed by atoms with Gasteiger partial charge in [0.2, 0.25) is 11.3 Å². The first-order chi connectivity index (χ1) is 12.5. The molecule has 0 atom stereocenters. The van der Waals surface area contributed by atoms with E-state index in [9.17, 15) is 14.9 Å². The second kappa shape index (κ2) is 5.80. The molecule has 4 rings (SSSR count). The monoisotopic (exact) mass is 349 g/mol. The van der Waals surface area contributed by atoms with E-state index >= 15 is 0 Å². The highest BCUT2D eigenvalue weighted by atomic mass is 16.6. The molecule has 7 heteroatoms. The van der Waals surface area contributed by atoms with Crippen LogP contribution in [0.5, 0.6) is 0 Å². The van der Waals surface area contributed by atoms with Crippen LogP contribution in [0.15, 0.2) is 50.6 Å². The van der Waals surface area contributed by atoms with Crippen molar-refractivity contribution in [3.8, 4) is 0 Å². The minimum Gasteiger partial charge on any atom is -0.439 e. The average molecular weight is 349 g/mol. The van der Waals surface area contributed by atoms with Gasteiger partial charge in [0, 0.05) is 24.9 Å². The molecular formula is C19H15N3O4. The van der Waals surface area contributed by atoms with E-state index in [4.69, 9.17) is 4.42 Å². The Bertz CT molecular complexity index is 1150. The Morgan fingerprint density at radius 3 is 2.77 bits per heavy atom. The van der Waals surface area contributed by atoms with Crippen LogP contribution in [-0.4, -0.2) is 17.7 Å². The van der Waals surface area contributed by atoms with Crippen molar-refractivity contribution >= 4 is 40.1 Å². The Balaban J connectivity index is 2.02. The van der Waals surface area contributed by atoms with Gasteiger partial charge < -0.3 is 9.32 Å². The van der Waals surface area contributed by atoms with Crippen molar-refractivity contribution in [2.24, 2.45) is 4.99 Å². The fourth-order valence-electron chi connectivity index (χ4n) is 3.14. The zero-order valence-electron chi connectivity index (χ0n) is 14.2. The summed E-state index contributed by atoms with van der Waals surface area (Å²) in [4.78, 5) is 29.7. The molecule has 0 N–H and O–H groups in total. The van der Waals surface area contributed by atoms with Crippen LogP contribution >= 0.6 is 0 Å². The molecule has 0 saturated carbocycles. The second-order valence-electron chi connectivity index (χ2n) is 6.08. The maximum atomic E-state index is 13.0. The second-order valence-corrected chi connectivity index (χ2v) is 6.08. The van der Waals surface area contributed by atoms with Crippen LogP contribution in [0.1, 0.15) is 18.1 Å². The quantitative estimate of drug-likeness (QED) is 0.510. The number of hydrogen-bond donors (Lipinski definition) is 0. The van der Waals surface area contributed by atoms with E-state index in [2.05, 4.69) is 4.99 Å². The van der Waals surface area contributed by atoms with Crippen LogP contribution in [-0.2, 0) is 0 Å². The molecule has 1 aliphatic rings. The van der Waals surface area contributed by atoms with Crippen LogP contribution in [0.2, 0.25) is 0 Å². The lowest BCUT2D eigenvalue weighted by Crippen LogP contribution is -2.21. The van der Waals surface area contributed by atoms with E-state index in [0.29, 0.717) is 40.3 Å². The van der Waals surface area contributed by atoms with Crippen molar-refractivity contribution in [2.45, 2.75) is 13.8 Å². The van der Waals surface area contributed by atoms with E-state index in [1.54, 1.807) is 18.2 Å². The molecule has 0 aliphatic carbocycles. The molecule has 1 aromatic heterocycles. The molecule has 130 valence electrons. The number of benzene rings is 2. The Hall–Kier alpha value is -3.48. The van der Waals surface area contributed by atoms with Crippen LogP contribution < -0.4 is 10.3 Å². The topological polar surface area (TPSA) is 88.9 Å². The Labute approximate surface area is 148 Å². The van der Waals surface area contributed by atoms with Crippen molar-refractivity contribution < 1.29 is 9.34 Å². The summed E-state index contributed by atoms with van der Waals surface area (Å²) < 4.78 is 6.04. The van der Waals surface area contributed by atoms with Gasteiger partial charge in [-0.1, -0.05) is 11.6 Å². The third-order valence-electron chi connectivity index (χ3n) is 4.42. The number of nitrogens with zero attached hydrogens (tertiary/aromatic N) is 3. The number of rotatable bonds is 2. The predicted molar refractivity (Wildman–Crippen MR) is 100 cm³/mol. The molecule has 0 radical (unpaired) electrons. The highest BCUT2D eigenvalue weighted by molar-refractivity contribution is 5.97. The van der Waals surface area contributed by atoms with Crippen molar-refractivity contribution in [3.05, 3.63) is 67.9 Å². The van der Waals surface area contributed by atoms with Gasteiger partial charge in [-0.25, -0.2) is 0 Å². The molecular weight excluding hydrogens is 334 g/mol. The summed E-state index contributed by atoms with van der Waals surface area (Å²) in [5.41, 5.74) is 2.65. The van der Waals surface area contributed by atoms with E-state index in [0.717, 1.165) is 5.56 Å². The van der Waals surface area contributed by atoms with Crippen molar-refractivity contribution in [2.75, 3.05) is 11.4 Å². The number of nitro groups is 1. The lowest BCUT2D eigenvalue weighted by atomic mass is 10.1. The number of aryl methyl sites for hydroxylation is 1. The average Bonchev–Trinajstić information content (AvgIpc) is 2.78.